The molecule has 0 aliphatic carbocycles. The smallest absolute Gasteiger partial charge is 0.248 e. The molecule has 2 aromatic rings. The van der Waals surface area contributed by atoms with Crippen LogP contribution in [0, 0.1) is 0 Å². The zero-order chi connectivity index (χ0) is 18.4. The Morgan fingerprint density at radius 2 is 2.15 bits per heavy atom. The number of thiazole rings is 1. The maximum atomic E-state index is 12.6. The minimum Gasteiger partial charge on any atom is -0.357 e. The van der Waals surface area contributed by atoms with E-state index in [2.05, 4.69) is 33.6 Å². The summed E-state index contributed by atoms with van der Waals surface area (Å²) in [5, 5.41) is 7.46. The molecule has 0 bridgehead atoms. The zero-order valence-corrected chi connectivity index (χ0v) is 16.1. The molecule has 1 amide bonds. The van der Waals surface area contributed by atoms with Crippen molar-refractivity contribution in [2.24, 2.45) is 4.99 Å². The fourth-order valence-corrected chi connectivity index (χ4v) is 3.73. The molecule has 1 aliphatic rings. The van der Waals surface area contributed by atoms with Crippen LogP contribution in [-0.4, -0.2) is 36.5 Å². The lowest BCUT2D eigenvalue weighted by Gasteiger charge is -2.16. The summed E-state index contributed by atoms with van der Waals surface area (Å²) in [7, 11) is 0. The Labute approximate surface area is 158 Å². The van der Waals surface area contributed by atoms with Crippen molar-refractivity contribution in [2.75, 3.05) is 24.5 Å². The highest BCUT2D eigenvalue weighted by Crippen LogP contribution is 2.27. The topological polar surface area (TPSA) is 69.6 Å². The second kappa shape index (κ2) is 8.80. The third-order valence-electron chi connectivity index (χ3n) is 4.26. The summed E-state index contributed by atoms with van der Waals surface area (Å²) in [5.74, 6) is 0.663. The van der Waals surface area contributed by atoms with Gasteiger partial charge < -0.3 is 15.5 Å². The molecule has 138 valence electrons. The molecule has 0 atom stereocenters. The lowest BCUT2D eigenvalue weighted by atomic mass is 10.2. The Balaban J connectivity index is 1.59. The van der Waals surface area contributed by atoms with Crippen molar-refractivity contribution in [3.05, 3.63) is 45.9 Å². The minimum absolute atomic E-state index is 0.0228. The van der Waals surface area contributed by atoms with Crippen LogP contribution in [0.1, 0.15) is 29.3 Å². The maximum absolute atomic E-state index is 12.6. The highest BCUT2D eigenvalue weighted by molar-refractivity contribution is 7.11. The summed E-state index contributed by atoms with van der Waals surface area (Å²) in [6.45, 7) is 6.34. The maximum Gasteiger partial charge on any atom is 0.248 e. The number of hydrogen-bond donors (Lipinski definition) is 2. The molecule has 2 heterocycles. The number of guanidine groups is 1. The van der Waals surface area contributed by atoms with Crippen molar-refractivity contribution in [3.63, 3.8) is 0 Å². The van der Waals surface area contributed by atoms with Crippen LogP contribution < -0.4 is 15.5 Å². The summed E-state index contributed by atoms with van der Waals surface area (Å²) < 4.78 is 0. The lowest BCUT2D eigenvalue weighted by molar-refractivity contribution is -0.117. The normalized spacial score (nSPS) is 13.6. The van der Waals surface area contributed by atoms with Crippen molar-refractivity contribution in [1.29, 1.82) is 0 Å². The highest BCUT2D eigenvalue weighted by Gasteiger charge is 2.23. The van der Waals surface area contributed by atoms with E-state index in [9.17, 15) is 4.79 Å². The molecule has 3 rings (SSSR count). The lowest BCUT2D eigenvalue weighted by Crippen LogP contribution is -2.38. The van der Waals surface area contributed by atoms with Crippen molar-refractivity contribution >= 4 is 28.9 Å². The summed E-state index contributed by atoms with van der Waals surface area (Å²) in [5.41, 5.74) is 2.24. The van der Waals surface area contributed by atoms with Gasteiger partial charge in [0, 0.05) is 29.9 Å². The van der Waals surface area contributed by atoms with Crippen LogP contribution >= 0.6 is 11.3 Å². The van der Waals surface area contributed by atoms with E-state index in [1.807, 2.05) is 36.2 Å². The SMILES string of the molecule is CCNC(=NCC(=O)N1CCc2ccccc21)NCc1ncc(CC)s1. The molecule has 0 saturated carbocycles. The van der Waals surface area contributed by atoms with Crippen molar-refractivity contribution in [3.8, 4) is 0 Å². The summed E-state index contributed by atoms with van der Waals surface area (Å²) in [6.07, 6.45) is 3.82. The van der Waals surface area contributed by atoms with E-state index >= 15 is 0 Å². The molecule has 0 saturated heterocycles. The monoisotopic (exact) mass is 371 g/mol. The van der Waals surface area contributed by atoms with Crippen LogP contribution in [0.5, 0.6) is 0 Å². The van der Waals surface area contributed by atoms with Crippen LogP contribution in [-0.2, 0) is 24.2 Å². The third-order valence-corrected chi connectivity index (χ3v) is 5.40. The molecular formula is C19H25N5OS. The number of aromatic nitrogens is 1. The van der Waals surface area contributed by atoms with Gasteiger partial charge in [0.05, 0.1) is 6.54 Å². The Hall–Kier alpha value is -2.41. The largest absolute Gasteiger partial charge is 0.357 e. The van der Waals surface area contributed by atoms with Crippen LogP contribution in [0.15, 0.2) is 35.5 Å². The second-order valence-corrected chi connectivity index (χ2v) is 7.25. The van der Waals surface area contributed by atoms with Gasteiger partial charge in [0.2, 0.25) is 5.91 Å². The first kappa shape index (κ1) is 18.4. The fraction of sp³-hybridized carbons (Fsp3) is 0.421. The molecule has 1 aromatic carbocycles. The number of carbonyl (C=O) groups is 1. The summed E-state index contributed by atoms with van der Waals surface area (Å²) in [6, 6.07) is 8.07. The number of rotatable bonds is 6. The van der Waals surface area contributed by atoms with Gasteiger partial charge in [-0.15, -0.1) is 11.3 Å². The van der Waals surface area contributed by atoms with Crippen LogP contribution in [0.3, 0.4) is 0 Å². The predicted octanol–water partition coefficient (Wildman–Crippen LogP) is 2.35. The Bertz CT molecular complexity index is 786. The predicted molar refractivity (Wildman–Crippen MR) is 107 cm³/mol. The van der Waals surface area contributed by atoms with Gasteiger partial charge in [-0.2, -0.15) is 0 Å². The summed E-state index contributed by atoms with van der Waals surface area (Å²) >= 11 is 1.70. The number of aryl methyl sites for hydroxylation is 1. The Kier molecular flexibility index (Phi) is 6.22. The zero-order valence-electron chi connectivity index (χ0n) is 15.3. The van der Waals surface area contributed by atoms with Crippen LogP contribution in [0.2, 0.25) is 0 Å². The van der Waals surface area contributed by atoms with Gasteiger partial charge in [-0.05, 0) is 31.4 Å². The number of amides is 1. The molecule has 1 aromatic heterocycles. The number of benzene rings is 1. The number of nitrogens with one attached hydrogen (secondary N) is 2. The average Bonchev–Trinajstić information content (AvgIpc) is 3.30. The molecular weight excluding hydrogens is 346 g/mol. The second-order valence-electron chi connectivity index (χ2n) is 6.05. The minimum atomic E-state index is 0.0228. The van der Waals surface area contributed by atoms with E-state index in [1.54, 1.807) is 11.3 Å². The molecule has 0 spiro atoms. The van der Waals surface area contributed by atoms with Crippen LogP contribution in [0.25, 0.3) is 0 Å². The first-order valence-electron chi connectivity index (χ1n) is 9.05. The Morgan fingerprint density at radius 1 is 1.31 bits per heavy atom. The third kappa shape index (κ3) is 4.40. The van der Waals surface area contributed by atoms with Gasteiger partial charge in [-0.1, -0.05) is 25.1 Å². The van der Waals surface area contributed by atoms with E-state index in [1.165, 1.54) is 10.4 Å². The Morgan fingerprint density at radius 3 is 2.92 bits per heavy atom. The van der Waals surface area contributed by atoms with Crippen LogP contribution in [0.4, 0.5) is 5.69 Å². The molecule has 6 nitrogen and oxygen atoms in total. The number of anilines is 1. The van der Waals surface area contributed by atoms with E-state index in [4.69, 9.17) is 0 Å². The molecule has 1 aliphatic heterocycles. The molecule has 0 radical (unpaired) electrons. The quantitative estimate of drug-likeness (QED) is 0.604. The highest BCUT2D eigenvalue weighted by atomic mass is 32.1. The van der Waals surface area contributed by atoms with Gasteiger partial charge in [-0.3, -0.25) is 4.79 Å². The number of hydrogen-bond acceptors (Lipinski definition) is 4. The van der Waals surface area contributed by atoms with E-state index < -0.39 is 0 Å². The number of para-hydroxylation sites is 1. The number of aliphatic imine (C=N–C) groups is 1. The van der Waals surface area contributed by atoms with Crippen molar-refractivity contribution in [2.45, 2.75) is 33.2 Å². The molecule has 7 heteroatoms. The number of carbonyl (C=O) groups excluding carboxylic acids is 1. The van der Waals surface area contributed by atoms with Gasteiger partial charge in [0.1, 0.15) is 11.6 Å². The number of nitrogens with zero attached hydrogens (tertiary/aromatic N) is 3. The van der Waals surface area contributed by atoms with Gasteiger partial charge in [0.25, 0.3) is 0 Å². The standard InChI is InChI=1S/C19H25N5OS/c1-3-15-11-21-17(26-15)12-22-19(20-4-2)23-13-18(25)24-10-9-14-7-5-6-8-16(14)24/h5-8,11H,3-4,9-10,12-13H2,1-2H3,(H2,20,22,23). The van der Waals surface area contributed by atoms with E-state index in [0.29, 0.717) is 12.5 Å². The van der Waals surface area contributed by atoms with Crippen molar-refractivity contribution < 1.29 is 4.79 Å². The molecule has 2 N–H and O–H groups in total. The molecule has 26 heavy (non-hydrogen) atoms. The fourth-order valence-electron chi connectivity index (χ4n) is 2.92. The number of fused-ring (bicyclic) bond motifs is 1. The molecule has 0 unspecified atom stereocenters. The first-order chi connectivity index (χ1) is 12.7. The van der Waals surface area contributed by atoms with E-state index in [-0.39, 0.29) is 12.5 Å². The van der Waals surface area contributed by atoms with E-state index in [0.717, 1.165) is 36.6 Å². The molecule has 0 fully saturated rings. The van der Waals surface area contributed by atoms with Gasteiger partial charge in [0.15, 0.2) is 5.96 Å². The summed E-state index contributed by atoms with van der Waals surface area (Å²) in [4.78, 5) is 24.5. The van der Waals surface area contributed by atoms with Gasteiger partial charge >= 0.3 is 0 Å². The average molecular weight is 372 g/mol. The van der Waals surface area contributed by atoms with Gasteiger partial charge in [-0.25, -0.2) is 9.98 Å². The van der Waals surface area contributed by atoms with Crippen molar-refractivity contribution in [1.82, 2.24) is 15.6 Å². The first-order valence-corrected chi connectivity index (χ1v) is 9.87.